The highest BCUT2D eigenvalue weighted by atomic mass is 127. The standard InChI is InChI=1S/C26H37BrINO7Si/c1-23-13-19(31)25(27)11-17-20(28)21(36-37(2,3)4)18-12-24(17,35-22(32)29(18)14-30)7-5-16(25)15(23)6-8-26(23)33-9-10-34-26/h11,14-16,18,20-22,32H,5-10,12-13H2,1-4H3/t15-,16-,18?,20?,21?,22?,23-,24?,25-/m0/s1. The van der Waals surface area contributed by atoms with E-state index in [1.54, 1.807) is 0 Å². The van der Waals surface area contributed by atoms with Crippen LogP contribution < -0.4 is 0 Å². The molecule has 2 aliphatic heterocycles. The van der Waals surface area contributed by atoms with E-state index in [2.05, 4.69) is 71.2 Å². The minimum absolute atomic E-state index is 0.0432. The van der Waals surface area contributed by atoms with Crippen molar-refractivity contribution in [2.24, 2.45) is 17.3 Å². The van der Waals surface area contributed by atoms with Crippen molar-refractivity contribution in [3.8, 4) is 0 Å². The Labute approximate surface area is 241 Å². The number of halogens is 2. The molecule has 8 nitrogen and oxygen atoms in total. The molecular formula is C26H37BrINO7Si. The van der Waals surface area contributed by atoms with E-state index in [0.717, 1.165) is 24.8 Å². The van der Waals surface area contributed by atoms with Gasteiger partial charge in [-0.05, 0) is 56.3 Å². The molecule has 206 valence electrons. The fraction of sp³-hybridized carbons (Fsp3) is 0.846. The third-order valence-electron chi connectivity index (χ3n) is 10.0. The van der Waals surface area contributed by atoms with Crippen LogP contribution in [0.15, 0.2) is 11.6 Å². The molecule has 1 N–H and O–H groups in total. The lowest BCUT2D eigenvalue weighted by molar-refractivity contribution is -0.292. The SMILES string of the molecule is C[C@]12CC(=O)[C@]3(Br)C=C4C(I)C(O[Si](C)(C)C)C5CC4(CC[C@H]3[C@@H]1CCC21OCCO1)OC(O)N5C=O. The maximum Gasteiger partial charge on any atom is 0.241 e. The Hall–Kier alpha value is 0.107. The van der Waals surface area contributed by atoms with Gasteiger partial charge >= 0.3 is 0 Å². The molecule has 5 fully saturated rings. The average Bonchev–Trinajstić information content (AvgIpc) is 3.37. The minimum Gasteiger partial charge on any atom is -0.411 e. The Balaban J connectivity index is 1.44. The zero-order chi connectivity index (χ0) is 26.6. The Morgan fingerprint density at radius 2 is 1.89 bits per heavy atom. The van der Waals surface area contributed by atoms with Gasteiger partial charge in [-0.25, -0.2) is 0 Å². The molecule has 0 radical (unpaired) electrons. The number of alkyl halides is 2. The summed E-state index contributed by atoms with van der Waals surface area (Å²) in [5.41, 5.74) is -0.125. The van der Waals surface area contributed by atoms with Gasteiger partial charge in [-0.3, -0.25) is 14.5 Å². The molecule has 2 bridgehead atoms. The number of amides is 1. The highest BCUT2D eigenvalue weighted by Crippen LogP contribution is 2.67. The topological polar surface area (TPSA) is 94.5 Å². The normalized spacial score (nSPS) is 48.7. The van der Waals surface area contributed by atoms with Crippen LogP contribution in [0.2, 0.25) is 19.6 Å². The van der Waals surface area contributed by atoms with Crippen LogP contribution in [0.3, 0.4) is 0 Å². The summed E-state index contributed by atoms with van der Waals surface area (Å²) < 4.78 is 24.5. The van der Waals surface area contributed by atoms with E-state index >= 15 is 0 Å². The molecule has 3 saturated carbocycles. The lowest BCUT2D eigenvalue weighted by atomic mass is 9.57. The summed E-state index contributed by atoms with van der Waals surface area (Å²) in [6.45, 7) is 9.74. The van der Waals surface area contributed by atoms with Crippen LogP contribution in [0.5, 0.6) is 0 Å². The second kappa shape index (κ2) is 8.80. The van der Waals surface area contributed by atoms with Crippen molar-refractivity contribution in [3.63, 3.8) is 0 Å². The second-order valence-corrected chi connectivity index (χ2v) is 20.1. The molecule has 0 aromatic carbocycles. The van der Waals surface area contributed by atoms with Crippen LogP contribution in [-0.4, -0.2) is 81.9 Å². The average molecular weight is 710 g/mol. The molecule has 2 saturated heterocycles. The number of allylic oxidation sites excluding steroid dienone is 1. The number of aliphatic hydroxyl groups is 1. The van der Waals surface area contributed by atoms with Crippen LogP contribution >= 0.6 is 38.5 Å². The van der Waals surface area contributed by atoms with Crippen molar-refractivity contribution in [2.75, 3.05) is 13.2 Å². The van der Waals surface area contributed by atoms with Crippen molar-refractivity contribution in [1.82, 2.24) is 4.90 Å². The fourth-order valence-corrected chi connectivity index (χ4v) is 12.2. The fourth-order valence-electron chi connectivity index (χ4n) is 8.46. The summed E-state index contributed by atoms with van der Waals surface area (Å²) in [4.78, 5) is 27.6. The van der Waals surface area contributed by atoms with Gasteiger partial charge in [-0.2, -0.15) is 0 Å². The first kappa shape index (κ1) is 27.3. The number of hydrogen-bond acceptors (Lipinski definition) is 7. The number of hydrogen-bond donors (Lipinski definition) is 1. The first-order valence-electron chi connectivity index (χ1n) is 13.4. The van der Waals surface area contributed by atoms with E-state index in [0.29, 0.717) is 38.9 Å². The van der Waals surface area contributed by atoms with Crippen LogP contribution in [-0.2, 0) is 28.2 Å². The van der Waals surface area contributed by atoms with Crippen molar-refractivity contribution in [2.45, 2.75) is 103 Å². The summed E-state index contributed by atoms with van der Waals surface area (Å²) in [7, 11) is -1.99. The Morgan fingerprint density at radius 3 is 2.54 bits per heavy atom. The first-order valence-corrected chi connectivity index (χ1v) is 18.9. The number of aliphatic hydroxyl groups excluding tert-OH is 1. The molecule has 0 aromatic rings. The Bertz CT molecular complexity index is 1030. The molecule has 0 aromatic heterocycles. The van der Waals surface area contributed by atoms with E-state index in [9.17, 15) is 14.7 Å². The van der Waals surface area contributed by atoms with Crippen molar-refractivity contribution in [1.29, 1.82) is 0 Å². The molecule has 1 amide bonds. The molecule has 11 heteroatoms. The monoisotopic (exact) mass is 709 g/mol. The summed E-state index contributed by atoms with van der Waals surface area (Å²) in [6, 6.07) is -0.297. The van der Waals surface area contributed by atoms with E-state index in [-0.39, 0.29) is 39.1 Å². The quantitative estimate of drug-likeness (QED) is 0.156. The zero-order valence-electron chi connectivity index (χ0n) is 21.9. The molecule has 6 rings (SSSR count). The van der Waals surface area contributed by atoms with Crippen LogP contribution in [0, 0.1) is 17.3 Å². The maximum absolute atomic E-state index is 14.1. The van der Waals surface area contributed by atoms with Crippen molar-refractivity contribution < 1.29 is 33.3 Å². The smallest absolute Gasteiger partial charge is 0.241 e. The number of fused-ring (bicyclic) bond motifs is 5. The Morgan fingerprint density at radius 1 is 1.22 bits per heavy atom. The van der Waals surface area contributed by atoms with Gasteiger partial charge < -0.3 is 23.7 Å². The number of ether oxygens (including phenoxy) is 3. The molecule has 5 unspecified atom stereocenters. The molecular weight excluding hydrogens is 673 g/mol. The lowest BCUT2D eigenvalue weighted by Crippen LogP contribution is -2.68. The summed E-state index contributed by atoms with van der Waals surface area (Å²) in [6.07, 6.45) is 5.28. The van der Waals surface area contributed by atoms with Gasteiger partial charge in [-0.1, -0.05) is 51.5 Å². The van der Waals surface area contributed by atoms with Gasteiger partial charge in [0.1, 0.15) is 4.32 Å². The predicted molar refractivity (Wildman–Crippen MR) is 150 cm³/mol. The summed E-state index contributed by atoms with van der Waals surface area (Å²) in [5.74, 6) is -0.239. The first-order chi connectivity index (χ1) is 17.3. The van der Waals surface area contributed by atoms with Crippen LogP contribution in [0.25, 0.3) is 0 Å². The number of rotatable bonds is 3. The van der Waals surface area contributed by atoms with E-state index in [4.69, 9.17) is 18.6 Å². The molecule has 6 aliphatic rings. The van der Waals surface area contributed by atoms with Gasteiger partial charge in [0.15, 0.2) is 19.9 Å². The number of carbonyl (C=O) groups excluding carboxylic acids is 2. The largest absolute Gasteiger partial charge is 0.411 e. The maximum atomic E-state index is 14.1. The summed E-state index contributed by atoms with van der Waals surface area (Å²) in [5, 5.41) is 11.0. The van der Waals surface area contributed by atoms with Gasteiger partial charge in [-0.15, -0.1) is 0 Å². The van der Waals surface area contributed by atoms with Crippen molar-refractivity contribution in [3.05, 3.63) is 11.6 Å². The number of ketones is 1. The van der Waals surface area contributed by atoms with E-state index in [1.807, 2.05) is 0 Å². The molecule has 4 aliphatic carbocycles. The predicted octanol–water partition coefficient (Wildman–Crippen LogP) is 3.89. The molecule has 2 spiro atoms. The lowest BCUT2D eigenvalue weighted by Gasteiger charge is -2.57. The number of nitrogens with zero attached hydrogens (tertiary/aromatic N) is 1. The Kier molecular flexibility index (Phi) is 6.49. The van der Waals surface area contributed by atoms with Crippen molar-refractivity contribution >= 4 is 59.0 Å². The third-order valence-corrected chi connectivity index (χ3v) is 13.7. The summed E-state index contributed by atoms with van der Waals surface area (Å²) >= 11 is 6.43. The van der Waals surface area contributed by atoms with Gasteiger partial charge in [0.05, 0.1) is 34.9 Å². The van der Waals surface area contributed by atoms with Gasteiger partial charge in [0.25, 0.3) is 0 Å². The van der Waals surface area contributed by atoms with Crippen LogP contribution in [0.1, 0.15) is 45.4 Å². The van der Waals surface area contributed by atoms with E-state index in [1.165, 1.54) is 4.90 Å². The molecule has 2 heterocycles. The highest BCUT2D eigenvalue weighted by Gasteiger charge is 2.70. The molecule has 37 heavy (non-hydrogen) atoms. The van der Waals surface area contributed by atoms with Gasteiger partial charge in [0.2, 0.25) is 12.8 Å². The second-order valence-electron chi connectivity index (χ2n) is 13.0. The third kappa shape index (κ3) is 3.80. The number of carbonyl (C=O) groups is 2. The number of Topliss-reactive ketones (excluding diaryl/α,β-unsaturated/α-hetero) is 1. The molecule has 9 atom stereocenters. The van der Waals surface area contributed by atoms with Crippen LogP contribution in [0.4, 0.5) is 0 Å². The van der Waals surface area contributed by atoms with E-state index < -0.39 is 30.4 Å². The zero-order valence-corrected chi connectivity index (χ0v) is 26.6. The van der Waals surface area contributed by atoms with Gasteiger partial charge in [0, 0.05) is 24.7 Å². The highest BCUT2D eigenvalue weighted by molar-refractivity contribution is 14.1. The minimum atomic E-state index is -1.99.